The Hall–Kier alpha value is -4.78. The summed E-state index contributed by atoms with van der Waals surface area (Å²) in [6, 6.07) is 15.2. The Morgan fingerprint density at radius 2 is 1.35 bits per heavy atom. The SMILES string of the molecule is CCN(C(=O)CC(C)(C)C1=C(C)C(=O)C(C)=C(C)C1=O)c1cc2c(cc1C)C1(OC(=O)c3ccccc31)c1cc(C)c(C)cc1O2. The highest BCUT2D eigenvalue weighted by atomic mass is 16.6. The molecule has 0 N–H and O–H groups in total. The summed E-state index contributed by atoms with van der Waals surface area (Å²) in [4.78, 5) is 55.4. The minimum atomic E-state index is -1.21. The molecule has 6 rings (SSSR count). The highest BCUT2D eigenvalue weighted by molar-refractivity contribution is 6.25. The van der Waals surface area contributed by atoms with Crippen molar-refractivity contribution in [2.75, 3.05) is 11.4 Å². The van der Waals surface area contributed by atoms with E-state index in [0.717, 1.165) is 27.8 Å². The van der Waals surface area contributed by atoms with Crippen LogP contribution in [0.4, 0.5) is 5.69 Å². The minimum Gasteiger partial charge on any atom is -0.456 e. The maximum absolute atomic E-state index is 14.1. The molecule has 0 fully saturated rings. The number of nitrogens with zero attached hydrogens (tertiary/aromatic N) is 1. The number of Topliss-reactive ketones (excluding diaryl/α,β-unsaturated/α-hetero) is 2. The van der Waals surface area contributed by atoms with Gasteiger partial charge in [0.15, 0.2) is 17.2 Å². The van der Waals surface area contributed by atoms with E-state index in [0.29, 0.717) is 57.2 Å². The first-order chi connectivity index (χ1) is 21.6. The number of esters is 1. The molecule has 1 atom stereocenters. The number of ketones is 2. The first-order valence-electron chi connectivity index (χ1n) is 15.7. The fraction of sp³-hybridized carbons (Fsp3) is 0.333. The number of anilines is 1. The number of carbonyl (C=O) groups is 4. The van der Waals surface area contributed by atoms with Crippen LogP contribution >= 0.6 is 0 Å². The highest BCUT2D eigenvalue weighted by Crippen LogP contribution is 2.57. The lowest BCUT2D eigenvalue weighted by Gasteiger charge is -2.38. The zero-order valence-electron chi connectivity index (χ0n) is 27.9. The van der Waals surface area contributed by atoms with E-state index in [1.807, 2.05) is 84.0 Å². The first-order valence-corrected chi connectivity index (χ1v) is 15.7. The summed E-state index contributed by atoms with van der Waals surface area (Å²) in [7, 11) is 0. The number of rotatable bonds is 5. The van der Waals surface area contributed by atoms with Gasteiger partial charge in [0.2, 0.25) is 5.91 Å². The number of allylic oxidation sites excluding steroid dienone is 4. The van der Waals surface area contributed by atoms with Crippen LogP contribution in [0.15, 0.2) is 70.8 Å². The largest absolute Gasteiger partial charge is 0.456 e. The van der Waals surface area contributed by atoms with Crippen LogP contribution in [0.25, 0.3) is 0 Å². The van der Waals surface area contributed by atoms with Gasteiger partial charge < -0.3 is 14.4 Å². The van der Waals surface area contributed by atoms with E-state index in [2.05, 4.69) is 0 Å². The second-order valence-electron chi connectivity index (χ2n) is 13.4. The molecule has 2 heterocycles. The Kier molecular flexibility index (Phi) is 7.23. The van der Waals surface area contributed by atoms with E-state index < -0.39 is 17.0 Å². The number of benzene rings is 3. The van der Waals surface area contributed by atoms with Crippen LogP contribution in [0, 0.1) is 26.2 Å². The van der Waals surface area contributed by atoms with Crippen LogP contribution in [0.5, 0.6) is 11.5 Å². The number of hydrogen-bond donors (Lipinski definition) is 0. The van der Waals surface area contributed by atoms with Crippen molar-refractivity contribution in [2.24, 2.45) is 5.41 Å². The van der Waals surface area contributed by atoms with Crippen molar-refractivity contribution in [3.05, 3.63) is 110 Å². The van der Waals surface area contributed by atoms with Gasteiger partial charge in [0.25, 0.3) is 0 Å². The average molecular weight is 618 g/mol. The van der Waals surface area contributed by atoms with Gasteiger partial charge in [-0.1, -0.05) is 32.0 Å². The molecule has 3 aromatic carbocycles. The molecule has 236 valence electrons. The molecule has 46 heavy (non-hydrogen) atoms. The molecule has 1 amide bonds. The molecule has 0 saturated heterocycles. The van der Waals surface area contributed by atoms with Gasteiger partial charge in [0.05, 0.1) is 11.3 Å². The maximum atomic E-state index is 14.1. The predicted molar refractivity (Wildman–Crippen MR) is 176 cm³/mol. The molecular weight excluding hydrogens is 578 g/mol. The molecule has 0 aromatic heterocycles. The smallest absolute Gasteiger partial charge is 0.340 e. The normalized spacial score (nSPS) is 18.8. The zero-order chi connectivity index (χ0) is 33.5. The van der Waals surface area contributed by atoms with Gasteiger partial charge in [-0.25, -0.2) is 4.79 Å². The summed E-state index contributed by atoms with van der Waals surface area (Å²) in [5, 5.41) is 0. The Morgan fingerprint density at radius 1 is 0.761 bits per heavy atom. The third-order valence-corrected chi connectivity index (χ3v) is 10.0. The third kappa shape index (κ3) is 4.39. The van der Waals surface area contributed by atoms with Gasteiger partial charge in [-0.2, -0.15) is 0 Å². The van der Waals surface area contributed by atoms with Gasteiger partial charge in [0, 0.05) is 63.4 Å². The molecule has 7 heteroatoms. The molecule has 3 aliphatic rings. The van der Waals surface area contributed by atoms with E-state index >= 15 is 0 Å². The van der Waals surface area contributed by atoms with Crippen molar-refractivity contribution >= 4 is 29.1 Å². The Balaban J connectivity index is 1.44. The quantitative estimate of drug-likeness (QED) is 0.215. The number of ether oxygens (including phenoxy) is 2. The van der Waals surface area contributed by atoms with E-state index in [1.165, 1.54) is 0 Å². The molecule has 0 bridgehead atoms. The number of fused-ring (bicyclic) bond motifs is 6. The molecule has 1 spiro atoms. The van der Waals surface area contributed by atoms with Crippen LogP contribution in [0.2, 0.25) is 0 Å². The predicted octanol–water partition coefficient (Wildman–Crippen LogP) is 7.75. The maximum Gasteiger partial charge on any atom is 0.340 e. The van der Waals surface area contributed by atoms with Crippen molar-refractivity contribution in [3.63, 3.8) is 0 Å². The molecular formula is C39H39NO6. The van der Waals surface area contributed by atoms with Gasteiger partial charge in [-0.15, -0.1) is 0 Å². The van der Waals surface area contributed by atoms with E-state index in [1.54, 1.807) is 31.7 Å². The lowest BCUT2D eigenvalue weighted by atomic mass is 9.71. The van der Waals surface area contributed by atoms with Crippen molar-refractivity contribution in [1.82, 2.24) is 0 Å². The molecule has 7 nitrogen and oxygen atoms in total. The number of hydrogen-bond acceptors (Lipinski definition) is 6. The second kappa shape index (κ2) is 10.6. The van der Waals surface area contributed by atoms with Crippen molar-refractivity contribution < 1.29 is 28.7 Å². The van der Waals surface area contributed by atoms with Gasteiger partial charge in [-0.3, -0.25) is 14.4 Å². The van der Waals surface area contributed by atoms with Crippen LogP contribution in [0.1, 0.15) is 91.7 Å². The van der Waals surface area contributed by atoms with E-state index in [9.17, 15) is 19.2 Å². The fourth-order valence-electron chi connectivity index (χ4n) is 7.31. The van der Waals surface area contributed by atoms with Crippen LogP contribution in [-0.2, 0) is 24.7 Å². The highest BCUT2D eigenvalue weighted by Gasteiger charge is 2.54. The fourth-order valence-corrected chi connectivity index (χ4v) is 7.31. The molecule has 3 aromatic rings. The molecule has 0 radical (unpaired) electrons. The third-order valence-electron chi connectivity index (χ3n) is 10.0. The van der Waals surface area contributed by atoms with Crippen LogP contribution < -0.4 is 9.64 Å². The molecule has 2 aliphatic heterocycles. The van der Waals surface area contributed by atoms with Gasteiger partial charge >= 0.3 is 5.97 Å². The monoisotopic (exact) mass is 617 g/mol. The Bertz CT molecular complexity index is 1980. The lowest BCUT2D eigenvalue weighted by Crippen LogP contribution is -2.38. The topological polar surface area (TPSA) is 90.0 Å². The van der Waals surface area contributed by atoms with Crippen LogP contribution in [-0.4, -0.2) is 30.0 Å². The van der Waals surface area contributed by atoms with E-state index in [4.69, 9.17) is 9.47 Å². The number of aryl methyl sites for hydroxylation is 3. The molecule has 0 saturated carbocycles. The standard InChI is InChI=1S/C39H39NO6/c1-10-40(33(41)19-38(8,9)34-25(7)35(42)23(5)24(6)36(34)43)30-18-32-29(16-22(30)4)39(27-14-12-11-13-26(27)37(44)46-39)28-15-20(2)21(3)17-31(28)45-32/h11-18H,10,19H2,1-9H3. The zero-order valence-corrected chi connectivity index (χ0v) is 27.9. The summed E-state index contributed by atoms with van der Waals surface area (Å²) in [6.07, 6.45) is 0.0203. The summed E-state index contributed by atoms with van der Waals surface area (Å²) in [5.41, 5.74) is 5.83. The molecule has 1 aliphatic carbocycles. The Morgan fingerprint density at radius 3 is 2.02 bits per heavy atom. The van der Waals surface area contributed by atoms with E-state index in [-0.39, 0.29) is 23.9 Å². The van der Waals surface area contributed by atoms with Crippen LogP contribution in [0.3, 0.4) is 0 Å². The van der Waals surface area contributed by atoms with Crippen molar-refractivity contribution in [3.8, 4) is 11.5 Å². The summed E-state index contributed by atoms with van der Waals surface area (Å²) < 4.78 is 12.9. The van der Waals surface area contributed by atoms with Gasteiger partial charge in [0.1, 0.15) is 11.5 Å². The Labute approximate surface area is 269 Å². The number of amides is 1. The first kappa shape index (κ1) is 31.2. The van der Waals surface area contributed by atoms with Gasteiger partial charge in [-0.05, 0) is 89.4 Å². The number of carbonyl (C=O) groups excluding carboxylic acids is 4. The second-order valence-corrected chi connectivity index (χ2v) is 13.4. The van der Waals surface area contributed by atoms with Crippen molar-refractivity contribution in [1.29, 1.82) is 0 Å². The summed E-state index contributed by atoms with van der Waals surface area (Å²) in [5.74, 6) is 0.157. The summed E-state index contributed by atoms with van der Waals surface area (Å²) in [6.45, 7) is 16.9. The molecule has 1 unspecified atom stereocenters. The lowest BCUT2D eigenvalue weighted by molar-refractivity contribution is -0.121. The average Bonchev–Trinajstić information content (AvgIpc) is 3.30. The van der Waals surface area contributed by atoms with Crippen molar-refractivity contribution in [2.45, 2.75) is 74.3 Å². The minimum absolute atomic E-state index is 0.0203. The summed E-state index contributed by atoms with van der Waals surface area (Å²) >= 11 is 0.